The van der Waals surface area contributed by atoms with E-state index in [2.05, 4.69) is 59.9 Å². The molecule has 102 valence electrons. The summed E-state index contributed by atoms with van der Waals surface area (Å²) in [6, 6.07) is 8.66. The van der Waals surface area contributed by atoms with E-state index in [4.69, 9.17) is 0 Å². The van der Waals surface area contributed by atoms with Gasteiger partial charge in [-0.05, 0) is 24.8 Å². The Morgan fingerprint density at radius 1 is 1.32 bits per heavy atom. The van der Waals surface area contributed by atoms with Gasteiger partial charge in [0.2, 0.25) is 5.95 Å². The Labute approximate surface area is 115 Å². The van der Waals surface area contributed by atoms with Crippen molar-refractivity contribution in [3.8, 4) is 0 Å². The molecule has 0 amide bonds. The van der Waals surface area contributed by atoms with Crippen molar-refractivity contribution in [2.75, 3.05) is 11.9 Å². The minimum atomic E-state index is 0.631. The van der Waals surface area contributed by atoms with Crippen LogP contribution < -0.4 is 5.32 Å². The van der Waals surface area contributed by atoms with Gasteiger partial charge >= 0.3 is 0 Å². The number of rotatable bonds is 6. The van der Waals surface area contributed by atoms with E-state index < -0.39 is 0 Å². The van der Waals surface area contributed by atoms with Gasteiger partial charge in [0.25, 0.3) is 0 Å². The van der Waals surface area contributed by atoms with Gasteiger partial charge in [-0.1, -0.05) is 43.7 Å². The first kappa shape index (κ1) is 13.7. The molecular formula is C16H23N3. The Kier molecular flexibility index (Phi) is 4.61. The maximum Gasteiger partial charge on any atom is 0.202 e. The largest absolute Gasteiger partial charge is 0.355 e. The highest BCUT2D eigenvalue weighted by molar-refractivity contribution is 5.28. The van der Waals surface area contributed by atoms with Gasteiger partial charge in [0.15, 0.2) is 0 Å². The maximum atomic E-state index is 4.37. The number of hydrogen-bond acceptors (Lipinski definition) is 2. The number of nitrogens with one attached hydrogen (secondary N) is 1. The number of imidazole rings is 1. The first-order valence-corrected chi connectivity index (χ1v) is 6.95. The predicted molar refractivity (Wildman–Crippen MR) is 80.4 cm³/mol. The van der Waals surface area contributed by atoms with E-state index in [1.165, 1.54) is 11.1 Å². The van der Waals surface area contributed by atoms with E-state index in [1.807, 2.05) is 12.4 Å². The molecule has 1 heterocycles. The summed E-state index contributed by atoms with van der Waals surface area (Å²) in [6.07, 6.45) is 4.92. The Balaban J connectivity index is 1.87. The van der Waals surface area contributed by atoms with E-state index in [0.717, 1.165) is 25.5 Å². The predicted octanol–water partition coefficient (Wildman–Crippen LogP) is 3.50. The summed E-state index contributed by atoms with van der Waals surface area (Å²) in [6.45, 7) is 8.49. The van der Waals surface area contributed by atoms with Gasteiger partial charge in [0.1, 0.15) is 0 Å². The van der Waals surface area contributed by atoms with Gasteiger partial charge in [-0.15, -0.1) is 0 Å². The van der Waals surface area contributed by atoms with Crippen molar-refractivity contribution < 1.29 is 0 Å². The zero-order valence-electron chi connectivity index (χ0n) is 12.1. The zero-order chi connectivity index (χ0) is 13.7. The summed E-state index contributed by atoms with van der Waals surface area (Å²) in [5, 5.41) is 3.42. The molecule has 0 saturated heterocycles. The minimum absolute atomic E-state index is 0.631. The average Bonchev–Trinajstić information content (AvgIpc) is 2.76. The third-order valence-electron chi connectivity index (χ3n) is 3.06. The van der Waals surface area contributed by atoms with Crippen molar-refractivity contribution >= 4 is 5.95 Å². The smallest absolute Gasteiger partial charge is 0.202 e. The first-order chi connectivity index (χ1) is 9.15. The minimum Gasteiger partial charge on any atom is -0.355 e. The van der Waals surface area contributed by atoms with Gasteiger partial charge in [0.05, 0.1) is 0 Å². The van der Waals surface area contributed by atoms with Crippen LogP contribution in [0.2, 0.25) is 0 Å². The fourth-order valence-corrected chi connectivity index (χ4v) is 2.20. The van der Waals surface area contributed by atoms with Crippen molar-refractivity contribution in [2.24, 2.45) is 5.92 Å². The second-order valence-electron chi connectivity index (χ2n) is 5.46. The topological polar surface area (TPSA) is 29.9 Å². The van der Waals surface area contributed by atoms with Crippen LogP contribution in [-0.2, 0) is 13.0 Å². The molecule has 0 saturated carbocycles. The molecule has 1 aromatic carbocycles. The van der Waals surface area contributed by atoms with Crippen molar-refractivity contribution in [1.29, 1.82) is 0 Å². The normalized spacial score (nSPS) is 10.9. The van der Waals surface area contributed by atoms with Gasteiger partial charge in [0, 0.05) is 25.5 Å². The molecule has 0 fully saturated rings. The van der Waals surface area contributed by atoms with Gasteiger partial charge in [-0.25, -0.2) is 4.98 Å². The van der Waals surface area contributed by atoms with Gasteiger partial charge in [-0.2, -0.15) is 0 Å². The summed E-state index contributed by atoms with van der Waals surface area (Å²) in [5.41, 5.74) is 2.69. The molecule has 1 aromatic heterocycles. The second kappa shape index (κ2) is 6.41. The monoisotopic (exact) mass is 257 g/mol. The van der Waals surface area contributed by atoms with E-state index in [-0.39, 0.29) is 0 Å². The van der Waals surface area contributed by atoms with Crippen molar-refractivity contribution in [3.63, 3.8) is 0 Å². The molecule has 2 aromatic rings. The number of aromatic nitrogens is 2. The molecule has 19 heavy (non-hydrogen) atoms. The Morgan fingerprint density at radius 3 is 2.89 bits per heavy atom. The molecule has 1 N–H and O–H groups in total. The molecule has 3 heteroatoms. The van der Waals surface area contributed by atoms with Gasteiger partial charge < -0.3 is 9.88 Å². The van der Waals surface area contributed by atoms with Crippen LogP contribution in [0.1, 0.15) is 25.0 Å². The van der Waals surface area contributed by atoms with Crippen LogP contribution in [0.15, 0.2) is 36.7 Å². The molecule has 0 bridgehead atoms. The first-order valence-electron chi connectivity index (χ1n) is 6.95. The Morgan fingerprint density at radius 2 is 2.16 bits per heavy atom. The standard InChI is InChI=1S/C16H23N3/c1-13(2)12-19-10-9-18-16(19)17-8-7-15-6-4-5-14(3)11-15/h4-6,9-11,13H,7-8,12H2,1-3H3,(H,17,18). The van der Waals surface area contributed by atoms with Gasteiger partial charge in [-0.3, -0.25) is 0 Å². The van der Waals surface area contributed by atoms with Crippen LogP contribution in [0.25, 0.3) is 0 Å². The van der Waals surface area contributed by atoms with E-state index in [9.17, 15) is 0 Å². The van der Waals surface area contributed by atoms with E-state index >= 15 is 0 Å². The molecule has 0 radical (unpaired) electrons. The molecule has 0 aliphatic rings. The molecule has 0 aliphatic heterocycles. The quantitative estimate of drug-likeness (QED) is 0.858. The highest BCUT2D eigenvalue weighted by atomic mass is 15.2. The number of benzene rings is 1. The van der Waals surface area contributed by atoms with Crippen LogP contribution in [-0.4, -0.2) is 16.1 Å². The molecule has 2 rings (SSSR count). The lowest BCUT2D eigenvalue weighted by Crippen LogP contribution is -2.12. The van der Waals surface area contributed by atoms with Crippen LogP contribution in [0.3, 0.4) is 0 Å². The summed E-state index contributed by atoms with van der Waals surface area (Å²) >= 11 is 0. The molecular weight excluding hydrogens is 234 g/mol. The zero-order valence-corrected chi connectivity index (χ0v) is 12.1. The summed E-state index contributed by atoms with van der Waals surface area (Å²) < 4.78 is 2.18. The third-order valence-corrected chi connectivity index (χ3v) is 3.06. The fraction of sp³-hybridized carbons (Fsp3) is 0.438. The summed E-state index contributed by atoms with van der Waals surface area (Å²) in [4.78, 5) is 4.37. The molecule has 0 aliphatic carbocycles. The number of nitrogens with zero attached hydrogens (tertiary/aromatic N) is 2. The highest BCUT2D eigenvalue weighted by Gasteiger charge is 2.03. The molecule has 0 atom stereocenters. The summed E-state index contributed by atoms with van der Waals surface area (Å²) in [5.74, 6) is 1.60. The lowest BCUT2D eigenvalue weighted by Gasteiger charge is -2.11. The molecule has 3 nitrogen and oxygen atoms in total. The van der Waals surface area contributed by atoms with E-state index in [0.29, 0.717) is 5.92 Å². The van der Waals surface area contributed by atoms with Crippen LogP contribution in [0, 0.1) is 12.8 Å². The van der Waals surface area contributed by atoms with Crippen molar-refractivity contribution in [2.45, 2.75) is 33.7 Å². The Hall–Kier alpha value is -1.77. The highest BCUT2D eigenvalue weighted by Crippen LogP contribution is 2.09. The summed E-state index contributed by atoms with van der Waals surface area (Å²) in [7, 11) is 0. The molecule has 0 spiro atoms. The fourth-order valence-electron chi connectivity index (χ4n) is 2.20. The van der Waals surface area contributed by atoms with Crippen LogP contribution >= 0.6 is 0 Å². The maximum absolute atomic E-state index is 4.37. The number of hydrogen-bond donors (Lipinski definition) is 1. The lowest BCUT2D eigenvalue weighted by molar-refractivity contribution is 0.526. The van der Waals surface area contributed by atoms with Crippen molar-refractivity contribution in [1.82, 2.24) is 9.55 Å². The lowest BCUT2D eigenvalue weighted by atomic mass is 10.1. The third kappa shape index (κ3) is 4.12. The number of anilines is 1. The van der Waals surface area contributed by atoms with Crippen LogP contribution in [0.4, 0.5) is 5.95 Å². The SMILES string of the molecule is Cc1cccc(CCNc2nccn2CC(C)C)c1. The second-order valence-corrected chi connectivity index (χ2v) is 5.46. The van der Waals surface area contributed by atoms with Crippen molar-refractivity contribution in [3.05, 3.63) is 47.8 Å². The Bertz CT molecular complexity index is 514. The average molecular weight is 257 g/mol. The number of aryl methyl sites for hydroxylation is 1. The van der Waals surface area contributed by atoms with E-state index in [1.54, 1.807) is 0 Å². The van der Waals surface area contributed by atoms with Crippen LogP contribution in [0.5, 0.6) is 0 Å². The molecule has 0 unspecified atom stereocenters.